The minimum atomic E-state index is 0. The van der Waals surface area contributed by atoms with Crippen molar-refractivity contribution in [2.75, 3.05) is 0 Å². The number of hydrogen-bond donors (Lipinski definition) is 0. The molecule has 0 saturated carbocycles. The first-order chi connectivity index (χ1) is 4.41. The third-order valence-corrected chi connectivity index (χ3v) is 0.607. The van der Waals surface area contributed by atoms with E-state index in [-0.39, 0.29) is 23.1 Å². The van der Waals surface area contributed by atoms with Gasteiger partial charge in [-0.3, -0.25) is 9.52 Å². The minimum Gasteiger partial charge on any atom is -0.286 e. The largest absolute Gasteiger partial charge is 2.00 e. The Bertz CT molecular complexity index is 92.1. The van der Waals surface area contributed by atoms with Gasteiger partial charge < -0.3 is 0 Å². The molecule has 0 nitrogen and oxygen atoms in total. The molecule has 0 atom stereocenters. The molecular weight excluding hydrogens is 148 g/mol. The van der Waals surface area contributed by atoms with Crippen molar-refractivity contribution in [2.24, 2.45) is 0 Å². The Morgan fingerprint density at radius 1 is 1.00 bits per heavy atom. The van der Waals surface area contributed by atoms with Crippen LogP contribution in [0.5, 0.6) is 0 Å². The summed E-state index contributed by atoms with van der Waals surface area (Å²) in [7, 11) is 0.750. The number of hydrogen-bond acceptors (Lipinski definition) is 0. The van der Waals surface area contributed by atoms with Crippen LogP contribution in [0.4, 0.5) is 0 Å². The zero-order valence-electron chi connectivity index (χ0n) is 6.67. The SMILES string of the molecule is C[SiH-]C.[Mg+2].[c-]1ccccc1. The molecule has 0 spiro atoms. The standard InChI is InChI=1S/C6H5.C2H7Si.Mg/c1-2-4-6-5-3-1;1-3-2;/h1-5H;3H,1-2H3;/q2*-1;+2. The van der Waals surface area contributed by atoms with Gasteiger partial charge in [0, 0.05) is 0 Å². The molecule has 0 bridgehead atoms. The summed E-state index contributed by atoms with van der Waals surface area (Å²) in [5.41, 5.74) is 0. The zero-order valence-corrected chi connectivity index (χ0v) is 9.24. The molecule has 10 heavy (non-hydrogen) atoms. The molecule has 0 unspecified atom stereocenters. The molecule has 0 aliphatic heterocycles. The molecule has 0 heterocycles. The van der Waals surface area contributed by atoms with Crippen molar-refractivity contribution < 1.29 is 0 Å². The van der Waals surface area contributed by atoms with Crippen molar-refractivity contribution >= 4 is 32.6 Å². The van der Waals surface area contributed by atoms with Crippen molar-refractivity contribution in [3.8, 4) is 0 Å². The molecule has 0 amide bonds. The van der Waals surface area contributed by atoms with Crippen molar-refractivity contribution in [3.63, 3.8) is 0 Å². The molecule has 1 aromatic carbocycles. The summed E-state index contributed by atoms with van der Waals surface area (Å²) in [6, 6.07) is 12.5. The summed E-state index contributed by atoms with van der Waals surface area (Å²) in [4.78, 5) is 0. The van der Waals surface area contributed by atoms with Gasteiger partial charge in [0.2, 0.25) is 0 Å². The fraction of sp³-hybridized carbons (Fsp3) is 0.250. The van der Waals surface area contributed by atoms with Crippen LogP contribution >= 0.6 is 0 Å². The van der Waals surface area contributed by atoms with Gasteiger partial charge in [0.05, 0.1) is 0 Å². The van der Waals surface area contributed by atoms with Gasteiger partial charge in [-0.05, 0) is 0 Å². The van der Waals surface area contributed by atoms with Crippen LogP contribution in [0.2, 0.25) is 13.1 Å². The molecule has 0 radical (unpaired) electrons. The fourth-order valence-corrected chi connectivity index (χ4v) is 0.342. The third kappa shape index (κ3) is 11.1. The summed E-state index contributed by atoms with van der Waals surface area (Å²) in [6.45, 7) is 4.42. The van der Waals surface area contributed by atoms with Crippen LogP contribution in [-0.4, -0.2) is 32.6 Å². The normalized spacial score (nSPS) is 6.60. The van der Waals surface area contributed by atoms with Crippen molar-refractivity contribution in [3.05, 3.63) is 36.4 Å². The van der Waals surface area contributed by atoms with Crippen LogP contribution in [-0.2, 0) is 0 Å². The molecule has 0 aliphatic carbocycles. The second kappa shape index (κ2) is 11.9. The first-order valence-corrected chi connectivity index (χ1v) is 5.37. The Morgan fingerprint density at radius 2 is 1.40 bits per heavy atom. The molecule has 2 heteroatoms. The van der Waals surface area contributed by atoms with Gasteiger partial charge in [-0.1, -0.05) is 0 Å². The minimum absolute atomic E-state index is 0. The summed E-state index contributed by atoms with van der Waals surface area (Å²) in [5, 5.41) is 0. The van der Waals surface area contributed by atoms with Crippen molar-refractivity contribution in [1.82, 2.24) is 0 Å². The monoisotopic (exact) mass is 160 g/mol. The first kappa shape index (κ1) is 12.8. The molecule has 1 aromatic rings. The van der Waals surface area contributed by atoms with Crippen LogP contribution in [0.1, 0.15) is 0 Å². The average molecular weight is 161 g/mol. The Hall–Kier alpha value is 0.203. The third-order valence-electron chi connectivity index (χ3n) is 0.607. The summed E-state index contributed by atoms with van der Waals surface area (Å²) in [5.74, 6) is 0. The van der Waals surface area contributed by atoms with Crippen LogP contribution in [0.15, 0.2) is 30.3 Å². The second-order valence-corrected chi connectivity index (χ2v) is 2.81. The van der Waals surface area contributed by atoms with E-state index in [0.717, 1.165) is 9.52 Å². The second-order valence-electron chi connectivity index (χ2n) is 1.65. The van der Waals surface area contributed by atoms with Crippen molar-refractivity contribution in [2.45, 2.75) is 13.1 Å². The number of benzene rings is 1. The van der Waals surface area contributed by atoms with E-state index in [1.165, 1.54) is 0 Å². The van der Waals surface area contributed by atoms with Gasteiger partial charge in [0.15, 0.2) is 0 Å². The smallest absolute Gasteiger partial charge is 0.286 e. The van der Waals surface area contributed by atoms with Crippen molar-refractivity contribution in [1.29, 1.82) is 0 Å². The summed E-state index contributed by atoms with van der Waals surface area (Å²) in [6.07, 6.45) is 0. The van der Waals surface area contributed by atoms with Gasteiger partial charge in [-0.25, -0.2) is 0 Å². The van der Waals surface area contributed by atoms with Gasteiger partial charge in [0.25, 0.3) is 0 Å². The Kier molecular flexibility index (Phi) is 15.3. The summed E-state index contributed by atoms with van der Waals surface area (Å²) >= 11 is 0. The van der Waals surface area contributed by atoms with Crippen LogP contribution in [0.3, 0.4) is 0 Å². The zero-order chi connectivity index (χ0) is 6.95. The number of rotatable bonds is 0. The Labute approximate surface area is 82.0 Å². The first-order valence-electron chi connectivity index (χ1n) is 3.07. The summed E-state index contributed by atoms with van der Waals surface area (Å²) < 4.78 is 0. The predicted molar refractivity (Wildman–Crippen MR) is 49.9 cm³/mol. The van der Waals surface area contributed by atoms with Gasteiger partial charge >= 0.3 is 23.1 Å². The molecular formula is C8H12MgSi. The molecule has 0 saturated heterocycles. The van der Waals surface area contributed by atoms with E-state index in [2.05, 4.69) is 19.2 Å². The molecule has 1 rings (SSSR count). The van der Waals surface area contributed by atoms with Gasteiger partial charge in [0.1, 0.15) is 0 Å². The topological polar surface area (TPSA) is 0 Å². The average Bonchev–Trinajstić information content (AvgIpc) is 1.93. The van der Waals surface area contributed by atoms with E-state index in [9.17, 15) is 0 Å². The van der Waals surface area contributed by atoms with Crippen LogP contribution in [0.25, 0.3) is 0 Å². The Morgan fingerprint density at radius 3 is 1.50 bits per heavy atom. The van der Waals surface area contributed by atoms with Crippen LogP contribution < -0.4 is 0 Å². The quantitative estimate of drug-likeness (QED) is 0.400. The maximum absolute atomic E-state index is 2.89. The van der Waals surface area contributed by atoms with E-state index in [1.54, 1.807) is 0 Å². The fourth-order valence-electron chi connectivity index (χ4n) is 0.342. The van der Waals surface area contributed by atoms with E-state index < -0.39 is 0 Å². The molecule has 0 aromatic heterocycles. The maximum Gasteiger partial charge on any atom is 2.00 e. The molecule has 0 N–H and O–H groups in total. The van der Waals surface area contributed by atoms with E-state index >= 15 is 0 Å². The van der Waals surface area contributed by atoms with E-state index in [4.69, 9.17) is 0 Å². The van der Waals surface area contributed by atoms with E-state index in [1.807, 2.05) is 30.3 Å². The van der Waals surface area contributed by atoms with E-state index in [0.29, 0.717) is 0 Å². The molecule has 0 fully saturated rings. The predicted octanol–water partition coefficient (Wildman–Crippen LogP) is 1.63. The van der Waals surface area contributed by atoms with Gasteiger partial charge in [-0.15, -0.1) is 0 Å². The molecule has 50 valence electrons. The Balaban J connectivity index is 0. The molecule has 0 aliphatic rings. The van der Waals surface area contributed by atoms with Crippen LogP contribution in [0, 0.1) is 6.07 Å². The maximum atomic E-state index is 2.89. The van der Waals surface area contributed by atoms with Gasteiger partial charge in [-0.2, -0.15) is 49.5 Å².